The van der Waals surface area contributed by atoms with E-state index >= 15 is 0 Å². The van der Waals surface area contributed by atoms with Gasteiger partial charge in [-0.25, -0.2) is 4.79 Å². The first kappa shape index (κ1) is 15.5. The van der Waals surface area contributed by atoms with Crippen LogP contribution >= 0.6 is 0 Å². The van der Waals surface area contributed by atoms with Crippen molar-refractivity contribution in [3.63, 3.8) is 0 Å². The first-order chi connectivity index (χ1) is 10.2. The van der Waals surface area contributed by atoms with Gasteiger partial charge >= 0.3 is 5.97 Å². The molecule has 0 spiro atoms. The second-order valence-corrected chi connectivity index (χ2v) is 5.34. The maximum Gasteiger partial charge on any atom is 0.326 e. The third-order valence-corrected chi connectivity index (χ3v) is 3.71. The van der Waals surface area contributed by atoms with E-state index in [4.69, 9.17) is 4.74 Å². The molecular formula is C16H21NO4. The highest BCUT2D eigenvalue weighted by molar-refractivity contribution is 5.85. The Labute approximate surface area is 124 Å². The molecule has 2 N–H and O–H groups in total. The molecule has 114 valence electrons. The van der Waals surface area contributed by atoms with Gasteiger partial charge in [0.05, 0.1) is 12.5 Å². The first-order valence-electron chi connectivity index (χ1n) is 7.31. The number of amides is 1. The van der Waals surface area contributed by atoms with Crippen molar-refractivity contribution in [1.82, 2.24) is 5.32 Å². The van der Waals surface area contributed by atoms with E-state index in [0.717, 1.165) is 18.4 Å². The number of ether oxygens (including phenoxy) is 1. The molecule has 1 aromatic carbocycles. The highest BCUT2D eigenvalue weighted by Crippen LogP contribution is 2.14. The Hall–Kier alpha value is -1.88. The van der Waals surface area contributed by atoms with Crippen molar-refractivity contribution in [3.8, 4) is 0 Å². The zero-order valence-electron chi connectivity index (χ0n) is 12.0. The van der Waals surface area contributed by atoms with Gasteiger partial charge in [0.2, 0.25) is 5.91 Å². The van der Waals surface area contributed by atoms with E-state index in [0.29, 0.717) is 26.1 Å². The fourth-order valence-corrected chi connectivity index (χ4v) is 2.45. The predicted octanol–water partition coefficient (Wildman–Crippen LogP) is 1.62. The molecular weight excluding hydrogens is 270 g/mol. The summed E-state index contributed by atoms with van der Waals surface area (Å²) in [5, 5.41) is 11.9. The zero-order chi connectivity index (χ0) is 15.1. The smallest absolute Gasteiger partial charge is 0.326 e. The number of benzene rings is 1. The largest absolute Gasteiger partial charge is 0.480 e. The SMILES string of the molecule is O=C(N[C@@H](CCc1ccccc1)C(=O)O)C1CCCOC1. The molecule has 0 saturated carbocycles. The second-order valence-electron chi connectivity index (χ2n) is 5.34. The molecule has 1 aliphatic rings. The summed E-state index contributed by atoms with van der Waals surface area (Å²) in [7, 11) is 0. The first-order valence-corrected chi connectivity index (χ1v) is 7.31. The summed E-state index contributed by atoms with van der Waals surface area (Å²) in [4.78, 5) is 23.4. The van der Waals surface area contributed by atoms with Crippen LogP contribution in [-0.4, -0.2) is 36.2 Å². The van der Waals surface area contributed by atoms with Gasteiger partial charge in [-0.1, -0.05) is 30.3 Å². The lowest BCUT2D eigenvalue weighted by atomic mass is 10.00. The lowest BCUT2D eigenvalue weighted by Crippen LogP contribution is -2.45. The fraction of sp³-hybridized carbons (Fsp3) is 0.500. The quantitative estimate of drug-likeness (QED) is 0.835. The molecule has 5 nitrogen and oxygen atoms in total. The van der Waals surface area contributed by atoms with E-state index in [1.54, 1.807) is 0 Å². The Bertz CT molecular complexity index is 468. The summed E-state index contributed by atoms with van der Waals surface area (Å²) in [6.07, 6.45) is 2.62. The third-order valence-electron chi connectivity index (χ3n) is 3.71. The van der Waals surface area contributed by atoms with Crippen molar-refractivity contribution < 1.29 is 19.4 Å². The number of carboxylic acid groups (broad SMARTS) is 1. The molecule has 2 atom stereocenters. The number of carboxylic acids is 1. The normalized spacial score (nSPS) is 19.7. The Balaban J connectivity index is 1.86. The number of aliphatic carboxylic acids is 1. The molecule has 0 aromatic heterocycles. The summed E-state index contributed by atoms with van der Waals surface area (Å²) in [6.45, 7) is 1.07. The summed E-state index contributed by atoms with van der Waals surface area (Å²) < 4.78 is 5.27. The summed E-state index contributed by atoms with van der Waals surface area (Å²) in [5.41, 5.74) is 1.07. The van der Waals surface area contributed by atoms with E-state index in [9.17, 15) is 14.7 Å². The molecule has 1 heterocycles. The van der Waals surface area contributed by atoms with Crippen LogP contribution in [-0.2, 0) is 20.7 Å². The van der Waals surface area contributed by atoms with Gasteiger partial charge < -0.3 is 15.2 Å². The average molecular weight is 291 g/mol. The van der Waals surface area contributed by atoms with Crippen LogP contribution in [0.15, 0.2) is 30.3 Å². The summed E-state index contributed by atoms with van der Waals surface area (Å²) in [5.74, 6) is -1.43. The minimum absolute atomic E-state index is 0.213. The number of hydrogen-bond donors (Lipinski definition) is 2. The average Bonchev–Trinajstić information content (AvgIpc) is 2.52. The van der Waals surface area contributed by atoms with E-state index in [1.165, 1.54) is 0 Å². The molecule has 0 radical (unpaired) electrons. The lowest BCUT2D eigenvalue weighted by molar-refractivity contribution is -0.143. The van der Waals surface area contributed by atoms with Gasteiger partial charge in [-0.15, -0.1) is 0 Å². The molecule has 21 heavy (non-hydrogen) atoms. The topological polar surface area (TPSA) is 75.6 Å². The van der Waals surface area contributed by atoms with Crippen molar-refractivity contribution in [1.29, 1.82) is 0 Å². The Morgan fingerprint density at radius 3 is 2.71 bits per heavy atom. The van der Waals surface area contributed by atoms with Crippen LogP contribution in [0.1, 0.15) is 24.8 Å². The molecule has 1 saturated heterocycles. The van der Waals surface area contributed by atoms with Crippen LogP contribution in [0.5, 0.6) is 0 Å². The lowest BCUT2D eigenvalue weighted by Gasteiger charge is -2.23. The minimum Gasteiger partial charge on any atom is -0.480 e. The number of hydrogen-bond acceptors (Lipinski definition) is 3. The maximum atomic E-state index is 12.1. The predicted molar refractivity (Wildman–Crippen MR) is 77.9 cm³/mol. The van der Waals surface area contributed by atoms with Crippen LogP contribution in [0.2, 0.25) is 0 Å². The number of carbonyl (C=O) groups is 2. The van der Waals surface area contributed by atoms with E-state index in [2.05, 4.69) is 5.32 Å². The van der Waals surface area contributed by atoms with E-state index in [1.807, 2.05) is 30.3 Å². The van der Waals surface area contributed by atoms with Crippen molar-refractivity contribution in [2.24, 2.45) is 5.92 Å². The Morgan fingerprint density at radius 1 is 1.33 bits per heavy atom. The van der Waals surface area contributed by atoms with Gasteiger partial charge in [-0.2, -0.15) is 0 Å². The maximum absolute atomic E-state index is 12.1. The van der Waals surface area contributed by atoms with Gasteiger partial charge in [0.15, 0.2) is 0 Å². The van der Waals surface area contributed by atoms with Crippen molar-refractivity contribution in [3.05, 3.63) is 35.9 Å². The molecule has 0 aliphatic carbocycles. The molecule has 1 fully saturated rings. The molecule has 1 unspecified atom stereocenters. The zero-order valence-corrected chi connectivity index (χ0v) is 12.0. The van der Waals surface area contributed by atoms with E-state index in [-0.39, 0.29) is 11.8 Å². The fourth-order valence-electron chi connectivity index (χ4n) is 2.45. The number of nitrogens with one attached hydrogen (secondary N) is 1. The van der Waals surface area contributed by atoms with Gasteiger partial charge in [0.1, 0.15) is 6.04 Å². The van der Waals surface area contributed by atoms with Gasteiger partial charge in [0, 0.05) is 6.61 Å². The molecule has 1 amide bonds. The highest BCUT2D eigenvalue weighted by Gasteiger charge is 2.26. The number of aryl methyl sites for hydroxylation is 1. The van der Waals surface area contributed by atoms with Gasteiger partial charge in [-0.3, -0.25) is 4.79 Å². The van der Waals surface area contributed by atoms with Crippen molar-refractivity contribution in [2.75, 3.05) is 13.2 Å². The monoisotopic (exact) mass is 291 g/mol. The van der Waals surface area contributed by atoms with Crippen LogP contribution < -0.4 is 5.32 Å². The van der Waals surface area contributed by atoms with Crippen LogP contribution in [0.25, 0.3) is 0 Å². The molecule has 0 bridgehead atoms. The van der Waals surface area contributed by atoms with Crippen LogP contribution in [0.4, 0.5) is 0 Å². The highest BCUT2D eigenvalue weighted by atomic mass is 16.5. The summed E-state index contributed by atoms with van der Waals surface area (Å²) in [6, 6.07) is 8.82. The van der Waals surface area contributed by atoms with Gasteiger partial charge in [0.25, 0.3) is 0 Å². The van der Waals surface area contributed by atoms with Gasteiger partial charge in [-0.05, 0) is 31.2 Å². The minimum atomic E-state index is -0.990. The second kappa shape index (κ2) is 7.78. The summed E-state index contributed by atoms with van der Waals surface area (Å²) >= 11 is 0. The number of rotatable bonds is 6. The third kappa shape index (κ3) is 4.86. The Kier molecular flexibility index (Phi) is 5.75. The number of carbonyl (C=O) groups excluding carboxylic acids is 1. The van der Waals surface area contributed by atoms with E-state index < -0.39 is 12.0 Å². The molecule has 1 aromatic rings. The molecule has 5 heteroatoms. The van der Waals surface area contributed by atoms with Crippen molar-refractivity contribution >= 4 is 11.9 Å². The van der Waals surface area contributed by atoms with Crippen LogP contribution in [0, 0.1) is 5.92 Å². The van der Waals surface area contributed by atoms with Crippen LogP contribution in [0.3, 0.4) is 0 Å². The standard InChI is InChI=1S/C16H21NO4/c18-15(13-7-4-10-21-11-13)17-14(16(19)20)9-8-12-5-2-1-3-6-12/h1-3,5-6,13-14H,4,7-11H2,(H,17,18)(H,19,20)/t13?,14-/m0/s1. The molecule has 2 rings (SSSR count). The Morgan fingerprint density at radius 2 is 2.10 bits per heavy atom. The van der Waals surface area contributed by atoms with Crippen molar-refractivity contribution in [2.45, 2.75) is 31.7 Å². The molecule has 1 aliphatic heterocycles.